The molecule has 0 radical (unpaired) electrons. The van der Waals surface area contributed by atoms with E-state index in [1.54, 1.807) is 0 Å². The SMILES string of the molecule is O=C1CCCC1(CSC(F)(F)F)c1ccc(F)cc1. The fourth-order valence-corrected chi connectivity index (χ4v) is 3.33. The molecule has 2 rings (SSSR count). The van der Waals surface area contributed by atoms with Crippen molar-refractivity contribution in [3.8, 4) is 0 Å². The van der Waals surface area contributed by atoms with Gasteiger partial charge in [0.1, 0.15) is 11.6 Å². The van der Waals surface area contributed by atoms with Crippen LogP contribution in [0.15, 0.2) is 24.3 Å². The number of benzene rings is 1. The van der Waals surface area contributed by atoms with Crippen LogP contribution in [0, 0.1) is 5.82 Å². The summed E-state index contributed by atoms with van der Waals surface area (Å²) in [6.45, 7) is 0. The van der Waals surface area contributed by atoms with Crippen molar-refractivity contribution in [3.05, 3.63) is 35.6 Å². The van der Waals surface area contributed by atoms with Gasteiger partial charge in [0.05, 0.1) is 5.41 Å². The van der Waals surface area contributed by atoms with E-state index in [0.717, 1.165) is 0 Å². The molecule has 1 aromatic carbocycles. The first kappa shape index (κ1) is 14.4. The molecular formula is C13H12F4OS. The zero-order valence-corrected chi connectivity index (χ0v) is 10.8. The van der Waals surface area contributed by atoms with Gasteiger partial charge >= 0.3 is 5.51 Å². The van der Waals surface area contributed by atoms with Crippen LogP contribution < -0.4 is 0 Å². The Morgan fingerprint density at radius 2 is 1.84 bits per heavy atom. The van der Waals surface area contributed by atoms with Crippen molar-refractivity contribution in [2.75, 3.05) is 5.75 Å². The second-order valence-corrected chi connectivity index (χ2v) is 5.64. The lowest BCUT2D eigenvalue weighted by Crippen LogP contribution is -2.34. The summed E-state index contributed by atoms with van der Waals surface area (Å²) in [5.41, 5.74) is -5.00. The molecule has 0 saturated heterocycles. The highest BCUT2D eigenvalue weighted by atomic mass is 32.2. The molecule has 0 aromatic heterocycles. The summed E-state index contributed by atoms with van der Waals surface area (Å²) < 4.78 is 50.0. The highest BCUT2D eigenvalue weighted by Crippen LogP contribution is 2.44. The molecule has 104 valence electrons. The molecule has 0 bridgehead atoms. The maximum absolute atomic E-state index is 12.9. The van der Waals surface area contributed by atoms with Crippen LogP contribution in [0.1, 0.15) is 24.8 Å². The van der Waals surface area contributed by atoms with E-state index in [-0.39, 0.29) is 29.7 Å². The van der Waals surface area contributed by atoms with Gasteiger partial charge in [0.25, 0.3) is 0 Å². The van der Waals surface area contributed by atoms with Crippen LogP contribution in [-0.2, 0) is 10.2 Å². The number of Topliss-reactive ketones (excluding diaryl/α,β-unsaturated/α-hetero) is 1. The van der Waals surface area contributed by atoms with Gasteiger partial charge in [0.15, 0.2) is 0 Å². The molecule has 0 amide bonds. The van der Waals surface area contributed by atoms with Gasteiger partial charge in [-0.25, -0.2) is 4.39 Å². The lowest BCUT2D eigenvalue weighted by molar-refractivity contribution is -0.121. The van der Waals surface area contributed by atoms with E-state index in [9.17, 15) is 22.4 Å². The summed E-state index contributed by atoms with van der Waals surface area (Å²) in [5, 5.41) is 0. The quantitative estimate of drug-likeness (QED) is 0.781. The number of carbonyl (C=O) groups excluding carboxylic acids is 1. The van der Waals surface area contributed by atoms with Crippen LogP contribution in [0.4, 0.5) is 17.6 Å². The average Bonchev–Trinajstić information content (AvgIpc) is 2.69. The summed E-state index contributed by atoms with van der Waals surface area (Å²) in [4.78, 5) is 12.0. The second-order valence-electron chi connectivity index (χ2n) is 4.60. The van der Waals surface area contributed by atoms with Crippen molar-refractivity contribution in [1.82, 2.24) is 0 Å². The van der Waals surface area contributed by atoms with Crippen LogP contribution in [0.25, 0.3) is 0 Å². The molecule has 1 atom stereocenters. The topological polar surface area (TPSA) is 17.1 Å². The van der Waals surface area contributed by atoms with Crippen molar-refractivity contribution in [1.29, 1.82) is 0 Å². The molecule has 1 fully saturated rings. The van der Waals surface area contributed by atoms with E-state index >= 15 is 0 Å². The van der Waals surface area contributed by atoms with Gasteiger partial charge < -0.3 is 0 Å². The molecule has 1 nitrogen and oxygen atoms in total. The number of ketones is 1. The predicted octanol–water partition coefficient (Wildman–Crippen LogP) is 4.07. The standard InChI is InChI=1S/C13H12F4OS/c14-10-5-3-9(4-6-10)12(7-1-2-11(12)18)8-19-13(15,16)17/h3-6H,1-2,7-8H2. The Morgan fingerprint density at radius 3 is 2.32 bits per heavy atom. The number of halogens is 4. The number of thioether (sulfide) groups is 1. The number of hydrogen-bond acceptors (Lipinski definition) is 2. The van der Waals surface area contributed by atoms with E-state index < -0.39 is 16.7 Å². The van der Waals surface area contributed by atoms with E-state index in [1.807, 2.05) is 0 Å². The smallest absolute Gasteiger partial charge is 0.299 e. The normalized spacial score (nSPS) is 23.9. The molecular weight excluding hydrogens is 280 g/mol. The molecule has 6 heteroatoms. The minimum absolute atomic E-state index is 0.182. The third kappa shape index (κ3) is 3.11. The van der Waals surface area contributed by atoms with Crippen molar-refractivity contribution in [2.45, 2.75) is 30.2 Å². The van der Waals surface area contributed by atoms with Gasteiger partial charge in [0.2, 0.25) is 0 Å². The zero-order chi connectivity index (χ0) is 14.1. The molecule has 1 saturated carbocycles. The molecule has 0 N–H and O–H groups in total. The fourth-order valence-electron chi connectivity index (χ4n) is 2.44. The minimum atomic E-state index is -4.37. The Kier molecular flexibility index (Phi) is 3.90. The van der Waals surface area contributed by atoms with Gasteiger partial charge in [-0.1, -0.05) is 12.1 Å². The van der Waals surface area contributed by atoms with Crippen LogP contribution in [0.2, 0.25) is 0 Å². The lowest BCUT2D eigenvalue weighted by atomic mass is 9.80. The molecule has 0 spiro atoms. The van der Waals surface area contributed by atoms with Gasteiger partial charge in [-0.3, -0.25) is 4.79 Å². The Labute approximate surface area is 112 Å². The van der Waals surface area contributed by atoms with Crippen molar-refractivity contribution >= 4 is 17.5 Å². The summed E-state index contributed by atoms with van der Waals surface area (Å²) in [7, 11) is 0. The molecule has 0 aliphatic heterocycles. The molecule has 19 heavy (non-hydrogen) atoms. The third-order valence-corrected chi connectivity index (χ3v) is 4.38. The maximum atomic E-state index is 12.9. The summed E-state index contributed by atoms with van der Waals surface area (Å²) in [6, 6.07) is 5.19. The van der Waals surface area contributed by atoms with E-state index in [0.29, 0.717) is 18.4 Å². The molecule has 1 aliphatic rings. The Hall–Kier alpha value is -1.04. The van der Waals surface area contributed by atoms with Crippen LogP contribution >= 0.6 is 11.8 Å². The first-order chi connectivity index (χ1) is 8.83. The Bertz CT molecular complexity index is 469. The van der Waals surface area contributed by atoms with E-state index in [1.165, 1.54) is 24.3 Å². The first-order valence-corrected chi connectivity index (χ1v) is 6.82. The minimum Gasteiger partial charge on any atom is -0.299 e. The predicted molar refractivity (Wildman–Crippen MR) is 65.4 cm³/mol. The lowest BCUT2D eigenvalue weighted by Gasteiger charge is -2.28. The Balaban J connectivity index is 2.30. The number of carbonyl (C=O) groups is 1. The van der Waals surface area contributed by atoms with Gasteiger partial charge in [0, 0.05) is 12.2 Å². The van der Waals surface area contributed by atoms with Gasteiger partial charge in [-0.05, 0) is 42.3 Å². The summed E-state index contributed by atoms with van der Waals surface area (Å²) in [5.74, 6) is -0.982. The second kappa shape index (κ2) is 5.15. The Morgan fingerprint density at radius 1 is 1.21 bits per heavy atom. The third-order valence-electron chi connectivity index (χ3n) is 3.42. The van der Waals surface area contributed by atoms with Crippen LogP contribution in [0.5, 0.6) is 0 Å². The number of hydrogen-bond donors (Lipinski definition) is 0. The highest BCUT2D eigenvalue weighted by Gasteiger charge is 2.46. The monoisotopic (exact) mass is 292 g/mol. The average molecular weight is 292 g/mol. The number of alkyl halides is 3. The van der Waals surface area contributed by atoms with Gasteiger partial charge in [-0.2, -0.15) is 13.2 Å². The van der Waals surface area contributed by atoms with E-state index in [2.05, 4.69) is 0 Å². The molecule has 1 unspecified atom stereocenters. The van der Waals surface area contributed by atoms with Crippen molar-refractivity contribution < 1.29 is 22.4 Å². The van der Waals surface area contributed by atoms with Crippen LogP contribution in [0.3, 0.4) is 0 Å². The number of rotatable bonds is 3. The van der Waals surface area contributed by atoms with Gasteiger partial charge in [-0.15, -0.1) is 0 Å². The maximum Gasteiger partial charge on any atom is 0.441 e. The summed E-state index contributed by atoms with van der Waals surface area (Å²) >= 11 is -0.182. The van der Waals surface area contributed by atoms with Crippen molar-refractivity contribution in [2.24, 2.45) is 0 Å². The fraction of sp³-hybridized carbons (Fsp3) is 0.462. The zero-order valence-electron chi connectivity index (χ0n) is 9.97. The first-order valence-electron chi connectivity index (χ1n) is 5.83. The van der Waals surface area contributed by atoms with E-state index in [4.69, 9.17) is 0 Å². The summed E-state index contributed by atoms with van der Waals surface area (Å²) in [6.07, 6.45) is 1.25. The largest absolute Gasteiger partial charge is 0.441 e. The van der Waals surface area contributed by atoms with Crippen molar-refractivity contribution in [3.63, 3.8) is 0 Å². The molecule has 1 aromatic rings. The van der Waals surface area contributed by atoms with Crippen LogP contribution in [-0.4, -0.2) is 17.0 Å². The molecule has 1 aliphatic carbocycles. The molecule has 0 heterocycles. The highest BCUT2D eigenvalue weighted by molar-refractivity contribution is 8.00.